The summed E-state index contributed by atoms with van der Waals surface area (Å²) in [5, 5.41) is 8.87. The van der Waals surface area contributed by atoms with Gasteiger partial charge in [-0.1, -0.05) is 36.3 Å². The Morgan fingerprint density at radius 2 is 1.88 bits per heavy atom. The van der Waals surface area contributed by atoms with Crippen molar-refractivity contribution < 1.29 is 19.1 Å². The van der Waals surface area contributed by atoms with Crippen LogP contribution < -0.4 is 20.9 Å². The molecule has 3 rings (SSSR count). The Morgan fingerprint density at radius 3 is 2.55 bits per heavy atom. The number of piperazine rings is 1. The van der Waals surface area contributed by atoms with Gasteiger partial charge in [-0.3, -0.25) is 19.0 Å². The number of esters is 1. The number of aromatic nitrogens is 2. The number of hydrogen-bond acceptors (Lipinski definition) is 8. The van der Waals surface area contributed by atoms with Crippen LogP contribution in [0.4, 0.5) is 11.8 Å². The summed E-state index contributed by atoms with van der Waals surface area (Å²) >= 11 is 0. The quantitative estimate of drug-likeness (QED) is 0.286. The molecule has 10 nitrogen and oxygen atoms in total. The molecule has 2 heterocycles. The Labute approximate surface area is 192 Å². The molecule has 0 saturated carbocycles. The van der Waals surface area contributed by atoms with E-state index < -0.39 is 11.9 Å². The van der Waals surface area contributed by atoms with E-state index in [-0.39, 0.29) is 36.9 Å². The molecule has 0 radical (unpaired) electrons. The number of nitrogens with zero attached hydrogens (tertiary/aromatic N) is 3. The van der Waals surface area contributed by atoms with Crippen molar-refractivity contribution in [1.82, 2.24) is 20.2 Å². The molecule has 1 fully saturated rings. The SMILES string of the molecule is CC#CCn1c(N2CCNCC2)nc(NCC(=O)OC)c1C(=O)NCC(=O)c1ccccc1. The van der Waals surface area contributed by atoms with Gasteiger partial charge in [0.2, 0.25) is 5.95 Å². The molecule has 174 valence electrons. The predicted octanol–water partition coefficient (Wildman–Crippen LogP) is 0.514. The van der Waals surface area contributed by atoms with Gasteiger partial charge >= 0.3 is 5.97 Å². The molecule has 1 saturated heterocycles. The summed E-state index contributed by atoms with van der Waals surface area (Å²) in [6.07, 6.45) is 0. The third-order valence-electron chi connectivity index (χ3n) is 5.11. The number of carbonyl (C=O) groups excluding carboxylic acids is 3. The molecule has 0 aliphatic carbocycles. The second-order valence-electron chi connectivity index (χ2n) is 7.26. The Hall–Kier alpha value is -3.84. The van der Waals surface area contributed by atoms with Gasteiger partial charge in [0.25, 0.3) is 5.91 Å². The highest BCUT2D eigenvalue weighted by Gasteiger charge is 2.27. The van der Waals surface area contributed by atoms with Crippen molar-refractivity contribution >= 4 is 29.4 Å². The monoisotopic (exact) mass is 452 g/mol. The van der Waals surface area contributed by atoms with Crippen LogP contribution in [0.15, 0.2) is 30.3 Å². The van der Waals surface area contributed by atoms with E-state index in [1.807, 2.05) is 6.07 Å². The first-order valence-corrected chi connectivity index (χ1v) is 10.7. The van der Waals surface area contributed by atoms with Crippen LogP contribution in [0.25, 0.3) is 0 Å². The van der Waals surface area contributed by atoms with E-state index in [1.54, 1.807) is 35.8 Å². The first-order chi connectivity index (χ1) is 16.0. The molecule has 1 aliphatic rings. The minimum Gasteiger partial charge on any atom is -0.468 e. The third kappa shape index (κ3) is 6.11. The van der Waals surface area contributed by atoms with Gasteiger partial charge in [-0.25, -0.2) is 0 Å². The molecule has 33 heavy (non-hydrogen) atoms. The van der Waals surface area contributed by atoms with Gasteiger partial charge in [0, 0.05) is 31.7 Å². The fourth-order valence-corrected chi connectivity index (χ4v) is 3.41. The fourth-order valence-electron chi connectivity index (χ4n) is 3.41. The second-order valence-corrected chi connectivity index (χ2v) is 7.26. The number of amides is 1. The average Bonchev–Trinajstić information content (AvgIpc) is 3.23. The lowest BCUT2D eigenvalue weighted by molar-refractivity contribution is -0.138. The number of anilines is 2. The lowest BCUT2D eigenvalue weighted by atomic mass is 10.1. The van der Waals surface area contributed by atoms with E-state index in [0.717, 1.165) is 13.1 Å². The van der Waals surface area contributed by atoms with Gasteiger partial charge in [0.1, 0.15) is 6.54 Å². The van der Waals surface area contributed by atoms with E-state index in [2.05, 4.69) is 37.7 Å². The van der Waals surface area contributed by atoms with Crippen LogP contribution >= 0.6 is 0 Å². The minimum absolute atomic E-state index is 0.156. The summed E-state index contributed by atoms with van der Waals surface area (Å²) in [6.45, 7) is 4.61. The summed E-state index contributed by atoms with van der Waals surface area (Å²) < 4.78 is 6.41. The molecule has 0 unspecified atom stereocenters. The Kier molecular flexibility index (Phi) is 8.43. The maximum Gasteiger partial charge on any atom is 0.325 e. The van der Waals surface area contributed by atoms with E-state index in [9.17, 15) is 14.4 Å². The van der Waals surface area contributed by atoms with Gasteiger partial charge in [0.15, 0.2) is 17.3 Å². The summed E-state index contributed by atoms with van der Waals surface area (Å²) in [6, 6.07) is 8.74. The topological polar surface area (TPSA) is 118 Å². The molecule has 0 atom stereocenters. The summed E-state index contributed by atoms with van der Waals surface area (Å²) in [4.78, 5) is 44.1. The molecule has 1 aliphatic heterocycles. The number of rotatable bonds is 9. The van der Waals surface area contributed by atoms with Crippen LogP contribution in [0, 0.1) is 11.8 Å². The highest BCUT2D eigenvalue weighted by atomic mass is 16.5. The number of methoxy groups -OCH3 is 1. The molecular formula is C23H28N6O4. The summed E-state index contributed by atoms with van der Waals surface area (Å²) in [5.74, 6) is 5.44. The number of ether oxygens (including phenoxy) is 1. The zero-order chi connectivity index (χ0) is 23.6. The summed E-state index contributed by atoms with van der Waals surface area (Å²) in [7, 11) is 1.29. The largest absolute Gasteiger partial charge is 0.468 e. The highest BCUT2D eigenvalue weighted by Crippen LogP contribution is 2.24. The molecular weight excluding hydrogens is 424 g/mol. The van der Waals surface area contributed by atoms with Crippen LogP contribution in [-0.2, 0) is 16.1 Å². The average molecular weight is 453 g/mol. The molecule has 10 heteroatoms. The highest BCUT2D eigenvalue weighted by molar-refractivity contribution is 6.03. The Bertz CT molecular complexity index is 1050. The van der Waals surface area contributed by atoms with Crippen molar-refractivity contribution in [2.75, 3.05) is 56.6 Å². The first kappa shape index (κ1) is 23.8. The Balaban J connectivity index is 1.91. The number of benzene rings is 1. The van der Waals surface area contributed by atoms with Crippen molar-refractivity contribution in [2.45, 2.75) is 13.5 Å². The summed E-state index contributed by atoms with van der Waals surface area (Å²) in [5.41, 5.74) is 0.713. The number of Topliss-reactive ketones (excluding diaryl/α,β-unsaturated/α-hetero) is 1. The van der Waals surface area contributed by atoms with Crippen LogP contribution in [0.1, 0.15) is 27.8 Å². The lowest BCUT2D eigenvalue weighted by Gasteiger charge is -2.28. The van der Waals surface area contributed by atoms with Crippen molar-refractivity contribution in [3.63, 3.8) is 0 Å². The van der Waals surface area contributed by atoms with Crippen LogP contribution in [0.2, 0.25) is 0 Å². The maximum atomic E-state index is 13.2. The normalized spacial score (nSPS) is 13.0. The number of hydrogen-bond donors (Lipinski definition) is 3. The van der Waals surface area contributed by atoms with Gasteiger partial charge in [-0.2, -0.15) is 4.98 Å². The van der Waals surface area contributed by atoms with Crippen molar-refractivity contribution in [2.24, 2.45) is 0 Å². The van der Waals surface area contributed by atoms with Crippen molar-refractivity contribution in [3.05, 3.63) is 41.6 Å². The molecule has 1 aromatic carbocycles. The molecule has 1 aromatic heterocycles. The number of nitrogens with one attached hydrogen (secondary N) is 3. The molecule has 2 aromatic rings. The van der Waals surface area contributed by atoms with Gasteiger partial charge < -0.3 is 25.6 Å². The van der Waals surface area contributed by atoms with Gasteiger partial charge in [-0.15, -0.1) is 5.92 Å². The van der Waals surface area contributed by atoms with E-state index >= 15 is 0 Å². The standard InChI is InChI=1S/C23H28N6O4/c1-3-4-12-29-20(22(32)26-15-18(30)17-8-6-5-7-9-17)21(25-16-19(31)33-2)27-23(29)28-13-10-24-11-14-28/h5-9,24-25H,10-16H2,1-2H3,(H,26,32). The number of carbonyl (C=O) groups is 3. The van der Waals surface area contributed by atoms with Crippen LogP contribution in [0.3, 0.4) is 0 Å². The van der Waals surface area contributed by atoms with E-state index in [0.29, 0.717) is 24.6 Å². The van der Waals surface area contributed by atoms with Crippen molar-refractivity contribution in [1.29, 1.82) is 0 Å². The smallest absolute Gasteiger partial charge is 0.325 e. The van der Waals surface area contributed by atoms with Crippen LogP contribution in [0.5, 0.6) is 0 Å². The lowest BCUT2D eigenvalue weighted by Crippen LogP contribution is -2.44. The fraction of sp³-hybridized carbons (Fsp3) is 0.391. The van der Waals surface area contributed by atoms with E-state index in [4.69, 9.17) is 4.74 Å². The molecule has 1 amide bonds. The number of imidazole rings is 1. The third-order valence-corrected chi connectivity index (χ3v) is 5.11. The van der Waals surface area contributed by atoms with Crippen LogP contribution in [-0.4, -0.2) is 73.6 Å². The Morgan fingerprint density at radius 1 is 1.15 bits per heavy atom. The molecule has 0 spiro atoms. The number of ketones is 1. The van der Waals surface area contributed by atoms with Crippen molar-refractivity contribution in [3.8, 4) is 11.8 Å². The van der Waals surface area contributed by atoms with Gasteiger partial charge in [-0.05, 0) is 6.92 Å². The zero-order valence-electron chi connectivity index (χ0n) is 18.8. The maximum absolute atomic E-state index is 13.2. The predicted molar refractivity (Wildman–Crippen MR) is 124 cm³/mol. The molecule has 3 N–H and O–H groups in total. The second kappa shape index (κ2) is 11.7. The van der Waals surface area contributed by atoms with Gasteiger partial charge in [0.05, 0.1) is 20.2 Å². The zero-order valence-corrected chi connectivity index (χ0v) is 18.8. The molecule has 0 bridgehead atoms. The van der Waals surface area contributed by atoms with E-state index in [1.165, 1.54) is 7.11 Å². The first-order valence-electron chi connectivity index (χ1n) is 10.7. The minimum atomic E-state index is -0.493.